The molecule has 0 saturated carbocycles. The van der Waals surface area contributed by atoms with Crippen LogP contribution in [0.25, 0.3) is 5.69 Å². The lowest BCUT2D eigenvalue weighted by molar-refractivity contribution is -0.117. The summed E-state index contributed by atoms with van der Waals surface area (Å²) in [4.78, 5) is 12.6. The quantitative estimate of drug-likeness (QED) is 0.692. The molecule has 1 atom stereocenters. The van der Waals surface area contributed by atoms with E-state index >= 15 is 0 Å². The predicted molar refractivity (Wildman–Crippen MR) is 97.8 cm³/mol. The molecular weight excluding hydrogens is 384 g/mol. The molecule has 7 nitrogen and oxygen atoms in total. The first kappa shape index (κ1) is 15.8. The fraction of sp³-hybridized carbons (Fsp3) is 0.176. The summed E-state index contributed by atoms with van der Waals surface area (Å²) in [5.41, 5.74) is 4.50. The molecular formula is C17H15BrN6O. The lowest BCUT2D eigenvalue weighted by Gasteiger charge is -2.26. The summed E-state index contributed by atoms with van der Waals surface area (Å²) in [6.07, 6.45) is 0. The zero-order chi connectivity index (χ0) is 17.6. The number of tetrazole rings is 1. The summed E-state index contributed by atoms with van der Waals surface area (Å²) in [5, 5.41) is 18.2. The number of carbonyl (C=O) groups is 1. The molecule has 0 aliphatic carbocycles. The third kappa shape index (κ3) is 2.68. The minimum absolute atomic E-state index is 0.197. The number of hydrogen-bond acceptors (Lipinski definition) is 5. The van der Waals surface area contributed by atoms with Crippen LogP contribution < -0.4 is 10.6 Å². The third-order valence-electron chi connectivity index (χ3n) is 4.20. The van der Waals surface area contributed by atoms with Crippen LogP contribution >= 0.6 is 15.9 Å². The standard InChI is InChI=1S/C17H15BrN6O/c1-9-4-3-5-10(2)15(9)24-16(21-22-23-24)14-17(25)20-12-7-6-11(18)8-13(12)19-14/h3-8,14,19H,1-2H3,(H,20,25). The fourth-order valence-electron chi connectivity index (χ4n) is 3.03. The van der Waals surface area contributed by atoms with Crippen molar-refractivity contribution in [2.24, 2.45) is 0 Å². The van der Waals surface area contributed by atoms with Gasteiger partial charge in [0.25, 0.3) is 5.91 Å². The van der Waals surface area contributed by atoms with Crippen molar-refractivity contribution in [2.75, 3.05) is 10.6 Å². The number of hydrogen-bond donors (Lipinski definition) is 2. The van der Waals surface area contributed by atoms with Gasteiger partial charge in [-0.25, -0.2) is 0 Å². The molecule has 25 heavy (non-hydrogen) atoms. The Bertz CT molecular complexity index is 963. The molecule has 2 heterocycles. The second-order valence-electron chi connectivity index (χ2n) is 5.95. The van der Waals surface area contributed by atoms with Crippen molar-refractivity contribution in [3.8, 4) is 5.69 Å². The van der Waals surface area contributed by atoms with Crippen LogP contribution in [0, 0.1) is 13.8 Å². The summed E-state index contributed by atoms with van der Waals surface area (Å²) in [7, 11) is 0. The number of anilines is 2. The maximum atomic E-state index is 12.6. The molecule has 0 bridgehead atoms. The summed E-state index contributed by atoms with van der Waals surface area (Å²) in [5.74, 6) is 0.248. The van der Waals surface area contributed by atoms with Gasteiger partial charge in [-0.3, -0.25) is 4.79 Å². The normalized spacial score (nSPS) is 16.1. The SMILES string of the molecule is Cc1cccc(C)c1-n1nnnc1C1Nc2cc(Br)ccc2NC1=O. The Hall–Kier alpha value is -2.74. The van der Waals surface area contributed by atoms with E-state index in [1.54, 1.807) is 4.68 Å². The number of aryl methyl sites for hydroxylation is 2. The van der Waals surface area contributed by atoms with Crippen LogP contribution in [0.5, 0.6) is 0 Å². The predicted octanol–water partition coefficient (Wildman–Crippen LogP) is 3.15. The van der Waals surface area contributed by atoms with E-state index in [0.29, 0.717) is 5.82 Å². The van der Waals surface area contributed by atoms with E-state index in [1.807, 2.05) is 50.2 Å². The highest BCUT2D eigenvalue weighted by Gasteiger charge is 2.32. The van der Waals surface area contributed by atoms with Gasteiger partial charge in [-0.2, -0.15) is 4.68 Å². The Labute approximate surface area is 152 Å². The largest absolute Gasteiger partial charge is 0.366 e. The highest BCUT2D eigenvalue weighted by atomic mass is 79.9. The summed E-state index contributed by atoms with van der Waals surface area (Å²) >= 11 is 3.45. The Morgan fingerprint density at radius 2 is 1.88 bits per heavy atom. The average Bonchev–Trinajstić information content (AvgIpc) is 3.03. The second-order valence-corrected chi connectivity index (χ2v) is 6.86. The molecule has 2 aromatic carbocycles. The van der Waals surface area contributed by atoms with Gasteiger partial charge in [-0.15, -0.1) is 5.10 Å². The van der Waals surface area contributed by atoms with Gasteiger partial charge in [0, 0.05) is 4.47 Å². The zero-order valence-electron chi connectivity index (χ0n) is 13.6. The maximum Gasteiger partial charge on any atom is 0.254 e. The van der Waals surface area contributed by atoms with Gasteiger partial charge in [0.05, 0.1) is 17.1 Å². The maximum absolute atomic E-state index is 12.6. The molecule has 3 aromatic rings. The highest BCUT2D eigenvalue weighted by molar-refractivity contribution is 9.10. The smallest absolute Gasteiger partial charge is 0.254 e. The van der Waals surface area contributed by atoms with Crippen LogP contribution in [0.15, 0.2) is 40.9 Å². The second kappa shape index (κ2) is 5.96. The van der Waals surface area contributed by atoms with E-state index in [9.17, 15) is 4.79 Å². The molecule has 2 N–H and O–H groups in total. The number of carbonyl (C=O) groups excluding carboxylic acids is 1. The van der Waals surface area contributed by atoms with Gasteiger partial charge in [0.1, 0.15) is 0 Å². The molecule has 8 heteroatoms. The van der Waals surface area contributed by atoms with Crippen LogP contribution in [-0.2, 0) is 4.79 Å². The first-order valence-corrected chi connectivity index (χ1v) is 8.56. The Morgan fingerprint density at radius 3 is 2.64 bits per heavy atom. The molecule has 0 radical (unpaired) electrons. The molecule has 1 aromatic heterocycles. The summed E-state index contributed by atoms with van der Waals surface area (Å²) in [6.45, 7) is 3.99. The van der Waals surface area contributed by atoms with Crippen molar-refractivity contribution < 1.29 is 4.79 Å². The molecule has 1 amide bonds. The molecule has 0 fully saturated rings. The number of nitrogens with zero attached hydrogens (tertiary/aromatic N) is 4. The van der Waals surface area contributed by atoms with Gasteiger partial charge in [0.15, 0.2) is 11.9 Å². The number of para-hydroxylation sites is 1. The lowest BCUT2D eigenvalue weighted by Crippen LogP contribution is -2.34. The number of aromatic nitrogens is 4. The van der Waals surface area contributed by atoms with Crippen LogP contribution in [0.4, 0.5) is 11.4 Å². The van der Waals surface area contributed by atoms with Crippen LogP contribution in [0.1, 0.15) is 23.0 Å². The molecule has 0 spiro atoms. The fourth-order valence-corrected chi connectivity index (χ4v) is 3.39. The van der Waals surface area contributed by atoms with Gasteiger partial charge in [0.2, 0.25) is 0 Å². The van der Waals surface area contributed by atoms with Crippen LogP contribution in [0.2, 0.25) is 0 Å². The Balaban J connectivity index is 1.80. The summed E-state index contributed by atoms with van der Waals surface area (Å²) in [6, 6.07) is 10.9. The third-order valence-corrected chi connectivity index (χ3v) is 4.70. The van der Waals surface area contributed by atoms with Crippen molar-refractivity contribution in [3.05, 3.63) is 57.8 Å². The Kier molecular flexibility index (Phi) is 3.76. The first-order valence-electron chi connectivity index (χ1n) is 7.76. The number of benzene rings is 2. The van der Waals surface area contributed by atoms with Gasteiger partial charge in [-0.1, -0.05) is 34.1 Å². The van der Waals surface area contributed by atoms with E-state index in [4.69, 9.17) is 0 Å². The van der Waals surface area contributed by atoms with Gasteiger partial charge in [-0.05, 0) is 53.6 Å². The number of halogens is 1. The van der Waals surface area contributed by atoms with Crippen molar-refractivity contribution in [1.82, 2.24) is 20.2 Å². The van der Waals surface area contributed by atoms with Gasteiger partial charge < -0.3 is 10.6 Å². The van der Waals surface area contributed by atoms with Crippen molar-refractivity contribution in [2.45, 2.75) is 19.9 Å². The topological polar surface area (TPSA) is 84.7 Å². The number of fused-ring (bicyclic) bond motifs is 1. The zero-order valence-corrected chi connectivity index (χ0v) is 15.2. The Morgan fingerprint density at radius 1 is 1.12 bits per heavy atom. The van der Waals surface area contributed by atoms with Crippen molar-refractivity contribution in [3.63, 3.8) is 0 Å². The highest BCUT2D eigenvalue weighted by Crippen LogP contribution is 2.34. The first-order chi connectivity index (χ1) is 12.0. The van der Waals surface area contributed by atoms with Gasteiger partial charge >= 0.3 is 0 Å². The number of nitrogens with one attached hydrogen (secondary N) is 2. The molecule has 1 unspecified atom stereocenters. The minimum atomic E-state index is -0.684. The average molecular weight is 399 g/mol. The molecule has 1 aliphatic rings. The minimum Gasteiger partial charge on any atom is -0.366 e. The number of amides is 1. The van der Waals surface area contributed by atoms with Crippen molar-refractivity contribution in [1.29, 1.82) is 0 Å². The van der Waals surface area contributed by atoms with E-state index in [2.05, 4.69) is 42.1 Å². The number of rotatable bonds is 2. The van der Waals surface area contributed by atoms with Crippen molar-refractivity contribution >= 4 is 33.2 Å². The molecule has 126 valence electrons. The lowest BCUT2D eigenvalue weighted by atomic mass is 10.1. The van der Waals surface area contributed by atoms with E-state index in [-0.39, 0.29) is 5.91 Å². The monoisotopic (exact) mass is 398 g/mol. The van der Waals surface area contributed by atoms with Crippen LogP contribution in [0.3, 0.4) is 0 Å². The van der Waals surface area contributed by atoms with Crippen LogP contribution in [-0.4, -0.2) is 26.1 Å². The van der Waals surface area contributed by atoms with E-state index in [1.165, 1.54) is 0 Å². The van der Waals surface area contributed by atoms with E-state index < -0.39 is 6.04 Å². The summed E-state index contributed by atoms with van der Waals surface area (Å²) < 4.78 is 2.55. The molecule has 0 saturated heterocycles. The molecule has 1 aliphatic heterocycles. The van der Waals surface area contributed by atoms with E-state index in [0.717, 1.165) is 32.7 Å². The molecule has 4 rings (SSSR count).